The molecule has 3 aromatic heterocycles. The van der Waals surface area contributed by atoms with Gasteiger partial charge in [0.05, 0.1) is 0 Å². The lowest BCUT2D eigenvalue weighted by Crippen LogP contribution is -2.58. The highest BCUT2D eigenvalue weighted by Gasteiger charge is 2.43. The second-order valence-electron chi connectivity index (χ2n) is 19.2. The van der Waals surface area contributed by atoms with E-state index in [1.54, 1.807) is 110 Å². The van der Waals surface area contributed by atoms with Gasteiger partial charge in [0.2, 0.25) is 0 Å². The number of carbonyl (C=O) groups excluding carboxylic acids is 6. The maximum Gasteiger partial charge on any atom is 0.252 e. The summed E-state index contributed by atoms with van der Waals surface area (Å²) in [5.41, 5.74) is 37.5. The first-order chi connectivity index (χ1) is 36.6. The number of nitrogens with two attached hydrogens (primary N) is 6. The van der Waals surface area contributed by atoms with Crippen LogP contribution in [0, 0.1) is 0 Å². The number of unbranched alkanes of at least 4 members (excludes halogenated alkanes) is 3. The van der Waals surface area contributed by atoms with E-state index in [2.05, 4.69) is 30.9 Å². The van der Waals surface area contributed by atoms with Gasteiger partial charge >= 0.3 is 0 Å². The van der Waals surface area contributed by atoms with Gasteiger partial charge in [0.15, 0.2) is 34.0 Å². The van der Waals surface area contributed by atoms with Crippen LogP contribution in [0.4, 0.5) is 17.1 Å². The van der Waals surface area contributed by atoms with Crippen molar-refractivity contribution in [3.63, 3.8) is 0 Å². The summed E-state index contributed by atoms with van der Waals surface area (Å²) in [5, 5.41) is 8.63. The minimum Gasteiger partial charge on any atom is -0.330 e. The third kappa shape index (κ3) is 16.3. The zero-order chi connectivity index (χ0) is 54.6. The number of Topliss-reactive ketones (excluding diaryl/α,β-unsaturated/α-hetero) is 3. The molecular weight excluding hydrogens is 996 g/mol. The van der Waals surface area contributed by atoms with Crippen molar-refractivity contribution in [2.45, 2.75) is 99.6 Å². The van der Waals surface area contributed by atoms with Crippen molar-refractivity contribution in [2.75, 3.05) is 35.6 Å². The third-order valence-corrected chi connectivity index (χ3v) is 13.6. The van der Waals surface area contributed by atoms with Gasteiger partial charge < -0.3 is 50.4 Å². The molecule has 77 heavy (non-hydrogen) atoms. The average Bonchev–Trinajstić information content (AvgIpc) is 3.43. The summed E-state index contributed by atoms with van der Waals surface area (Å²) in [6, 6.07) is 31.6. The number of hydrogen-bond donors (Lipinski definition) is 9. The van der Waals surface area contributed by atoms with Crippen molar-refractivity contribution in [1.29, 1.82) is 0 Å². The monoisotopic (exact) mass is 1070 g/mol. The van der Waals surface area contributed by atoms with E-state index in [-0.39, 0.29) is 50.9 Å². The lowest BCUT2D eigenvalue weighted by molar-refractivity contribution is -0.134. The van der Waals surface area contributed by atoms with Gasteiger partial charge in [-0.25, -0.2) is 0 Å². The molecule has 6 aromatic rings. The predicted octanol–water partition coefficient (Wildman–Crippen LogP) is 5.20. The molecule has 3 atom stereocenters. The Bertz CT molecular complexity index is 2560. The molecule has 0 saturated heterocycles. The van der Waals surface area contributed by atoms with E-state index >= 15 is 0 Å². The van der Waals surface area contributed by atoms with Crippen LogP contribution in [0.15, 0.2) is 146 Å². The summed E-state index contributed by atoms with van der Waals surface area (Å²) in [4.78, 5) is 95.3. The van der Waals surface area contributed by atoms with E-state index in [1.807, 2.05) is 36.4 Å². The Hall–Kier alpha value is -7.42. The maximum absolute atomic E-state index is 14.0. The molecule has 6 rings (SSSR count). The molecule has 0 saturated carbocycles. The Labute approximate surface area is 455 Å². The summed E-state index contributed by atoms with van der Waals surface area (Å²) < 4.78 is 0. The van der Waals surface area contributed by atoms with E-state index in [1.165, 1.54) is 0 Å². The smallest absolute Gasteiger partial charge is 0.252 e. The number of rotatable bonds is 30. The van der Waals surface area contributed by atoms with Gasteiger partial charge in [-0.3, -0.25) is 43.7 Å². The van der Waals surface area contributed by atoms with Crippen molar-refractivity contribution in [3.05, 3.63) is 180 Å². The van der Waals surface area contributed by atoms with Crippen LogP contribution in [0.5, 0.6) is 0 Å². The van der Waals surface area contributed by atoms with Crippen LogP contribution in [0.25, 0.3) is 0 Å². The van der Waals surface area contributed by atoms with Crippen LogP contribution in [0.1, 0.15) is 97.1 Å². The minimum atomic E-state index is -1.84. The highest BCUT2D eigenvalue weighted by Crippen LogP contribution is 2.35. The molecule has 15 N–H and O–H groups in total. The number of carbonyl (C=O) groups is 6. The van der Waals surface area contributed by atoms with Gasteiger partial charge in [0.1, 0.15) is 0 Å². The molecule has 0 aliphatic carbocycles. The van der Waals surface area contributed by atoms with Crippen molar-refractivity contribution < 1.29 is 28.8 Å². The van der Waals surface area contributed by atoms with E-state index in [0.29, 0.717) is 91.9 Å². The SMILES string of the molecule is Cl.NCCCC[C@](N)(C(=O)Cc1ccncc1)C(=O)Nc1ccc(C(c2ccc(NC(=O)[C@](N)(CCCCN)C(=O)Cc3ccncc3)cc2)c2ccc(NC(=O)[C@](N)(CCCCN)C(=O)Cc3ccncc3)cc2)cc1. The first-order valence-electron chi connectivity index (χ1n) is 25.6. The summed E-state index contributed by atoms with van der Waals surface area (Å²) in [6.07, 6.45) is 12.7. The van der Waals surface area contributed by atoms with Crippen molar-refractivity contribution in [1.82, 2.24) is 15.0 Å². The molecule has 0 bridgehead atoms. The number of anilines is 3. The number of nitrogens with zero attached hydrogens (tertiary/aromatic N) is 3. The van der Waals surface area contributed by atoms with Crippen LogP contribution in [0.3, 0.4) is 0 Å². The molecule has 0 radical (unpaired) electrons. The molecule has 0 aliphatic rings. The first-order valence-corrected chi connectivity index (χ1v) is 25.6. The highest BCUT2D eigenvalue weighted by atomic mass is 35.5. The van der Waals surface area contributed by atoms with Gasteiger partial charge in [-0.05, 0) is 184 Å². The van der Waals surface area contributed by atoms with Crippen LogP contribution in [0.2, 0.25) is 0 Å². The van der Waals surface area contributed by atoms with Gasteiger partial charge in [-0.15, -0.1) is 12.4 Å². The normalized spacial score (nSPS) is 13.4. The van der Waals surface area contributed by atoms with E-state index < -0.39 is 57.6 Å². The molecule has 3 amide bonds. The molecule has 0 unspecified atom stereocenters. The number of halogens is 1. The summed E-state index contributed by atoms with van der Waals surface area (Å²) in [7, 11) is 0. The number of hydrogen-bond acceptors (Lipinski definition) is 15. The maximum atomic E-state index is 14.0. The number of ketones is 3. The molecule has 3 heterocycles. The third-order valence-electron chi connectivity index (χ3n) is 13.6. The Kier molecular flexibility index (Phi) is 22.9. The van der Waals surface area contributed by atoms with Crippen LogP contribution < -0.4 is 50.4 Å². The second-order valence-corrected chi connectivity index (χ2v) is 19.2. The Morgan fingerprint density at radius 1 is 0.377 bits per heavy atom. The van der Waals surface area contributed by atoms with Crippen LogP contribution >= 0.6 is 12.4 Å². The fourth-order valence-electron chi connectivity index (χ4n) is 8.90. The zero-order valence-electron chi connectivity index (χ0n) is 43.2. The lowest BCUT2D eigenvalue weighted by atomic mass is 9.84. The van der Waals surface area contributed by atoms with Crippen molar-refractivity contribution >= 4 is 64.5 Å². The minimum absolute atomic E-state index is 0. The molecule has 3 aromatic carbocycles. The predicted molar refractivity (Wildman–Crippen MR) is 302 cm³/mol. The second kappa shape index (κ2) is 29.2. The number of pyridine rings is 3. The fraction of sp³-hybridized carbons (Fsp3) is 0.328. The lowest BCUT2D eigenvalue weighted by Gasteiger charge is -2.28. The highest BCUT2D eigenvalue weighted by molar-refractivity contribution is 6.17. The number of nitrogens with one attached hydrogen (secondary N) is 3. The molecular formula is C58H71ClN12O6. The van der Waals surface area contributed by atoms with E-state index in [0.717, 1.165) is 16.7 Å². The summed E-state index contributed by atoms with van der Waals surface area (Å²) in [6.45, 7) is 1.14. The quantitative estimate of drug-likeness (QED) is 0.0159. The van der Waals surface area contributed by atoms with Crippen LogP contribution in [-0.4, -0.2) is 86.3 Å². The molecule has 0 aliphatic heterocycles. The number of amides is 3. The number of benzene rings is 3. The van der Waals surface area contributed by atoms with Gasteiger partial charge in [0.25, 0.3) is 17.7 Å². The fourth-order valence-corrected chi connectivity index (χ4v) is 8.90. The van der Waals surface area contributed by atoms with Gasteiger partial charge in [0, 0.05) is 79.4 Å². The molecule has 0 fully saturated rings. The molecule has 406 valence electrons. The average molecular weight is 1070 g/mol. The Morgan fingerprint density at radius 3 is 0.831 bits per heavy atom. The molecule has 18 nitrogen and oxygen atoms in total. The molecule has 19 heteroatoms. The van der Waals surface area contributed by atoms with Crippen molar-refractivity contribution in [3.8, 4) is 0 Å². The van der Waals surface area contributed by atoms with Crippen LogP contribution in [-0.2, 0) is 48.0 Å². The largest absolute Gasteiger partial charge is 0.330 e. The summed E-state index contributed by atoms with van der Waals surface area (Å²) in [5.74, 6) is -3.74. The zero-order valence-corrected chi connectivity index (χ0v) is 44.0. The summed E-state index contributed by atoms with van der Waals surface area (Å²) >= 11 is 0. The molecule has 0 spiro atoms. The topological polar surface area (TPSA) is 333 Å². The van der Waals surface area contributed by atoms with Gasteiger partial charge in [-0.1, -0.05) is 36.4 Å². The van der Waals surface area contributed by atoms with Gasteiger partial charge in [-0.2, -0.15) is 0 Å². The first kappa shape index (κ1) is 60.4. The van der Waals surface area contributed by atoms with E-state index in [9.17, 15) is 28.8 Å². The van der Waals surface area contributed by atoms with Crippen molar-refractivity contribution in [2.24, 2.45) is 34.4 Å². The Balaban J connectivity index is 0.0000109. The Morgan fingerprint density at radius 2 is 0.610 bits per heavy atom. The standard InChI is InChI=1S/C58H70N12O6.ClH/c59-28-4-1-25-56(62,49(71)37-40-19-31-65-32-20-40)53(74)68-46-13-7-43(8-14-46)52(44-9-15-47(16-10-44)69-54(75)57(63,26-2-5-29-60)50(72)38-41-21-33-66-34-22-41)45-11-17-48(18-12-45)70-55(76)58(64,27-3-6-30-61)51(73)39-42-23-35-67-36-24-42;/h7-24,31-36,52H,1-6,25-30,37-39,59-64H2,(H,68,74)(H,69,75)(H,70,76);1H/t56-,57-,58-;/m0./s1. The van der Waals surface area contributed by atoms with E-state index in [4.69, 9.17) is 34.4 Å². The number of aromatic nitrogens is 3.